The fraction of sp³-hybridized carbons (Fsp3) is 0.929. The van der Waals surface area contributed by atoms with Gasteiger partial charge in [0, 0.05) is 39.3 Å². The van der Waals surface area contributed by atoms with E-state index in [1.54, 1.807) is 0 Å². The molecule has 1 fully saturated rings. The van der Waals surface area contributed by atoms with Gasteiger partial charge in [-0.1, -0.05) is 6.92 Å². The van der Waals surface area contributed by atoms with Crippen molar-refractivity contribution in [1.82, 2.24) is 10.2 Å². The molecule has 1 aliphatic rings. The lowest BCUT2D eigenvalue weighted by atomic mass is 10.1. The lowest BCUT2D eigenvalue weighted by Gasteiger charge is -2.28. The maximum atomic E-state index is 11.0. The van der Waals surface area contributed by atoms with Crippen molar-refractivity contribution >= 4 is 5.91 Å². The number of likely N-dealkylation sites (tertiary alicyclic amines) is 1. The summed E-state index contributed by atoms with van der Waals surface area (Å²) < 4.78 is 11.2. The first kappa shape index (κ1) is 16.4. The zero-order valence-corrected chi connectivity index (χ0v) is 12.3. The first-order valence-electron chi connectivity index (χ1n) is 7.37. The first-order valence-corrected chi connectivity index (χ1v) is 7.37. The quantitative estimate of drug-likeness (QED) is 0.637. The Bertz CT molecular complexity index is 241. The van der Waals surface area contributed by atoms with Gasteiger partial charge in [-0.2, -0.15) is 0 Å². The molecule has 0 spiro atoms. The van der Waals surface area contributed by atoms with Crippen LogP contribution in [0.1, 0.15) is 32.6 Å². The highest BCUT2D eigenvalue weighted by molar-refractivity contribution is 5.75. The number of ether oxygens (including phenoxy) is 2. The summed E-state index contributed by atoms with van der Waals surface area (Å²) in [6, 6.07) is 0. The zero-order valence-electron chi connectivity index (χ0n) is 12.3. The molecule has 5 heteroatoms. The topological polar surface area (TPSA) is 50.8 Å². The molecule has 1 N–H and O–H groups in total. The van der Waals surface area contributed by atoms with Crippen LogP contribution in [0.4, 0.5) is 0 Å². The number of carbonyl (C=O) groups is 1. The normalized spacial score (nSPS) is 17.6. The molecule has 0 bridgehead atoms. The lowest BCUT2D eigenvalue weighted by molar-refractivity contribution is -0.121. The van der Waals surface area contributed by atoms with E-state index in [9.17, 15) is 4.79 Å². The standard InChI is InChI=1S/C14H28N2O3/c1-3-14(17)15-7-12-18-10-4-11-19-13-5-8-16(2)9-6-13/h13H,3-12H2,1-2H3,(H,15,17). The summed E-state index contributed by atoms with van der Waals surface area (Å²) in [4.78, 5) is 13.3. The van der Waals surface area contributed by atoms with E-state index >= 15 is 0 Å². The maximum absolute atomic E-state index is 11.0. The fourth-order valence-electron chi connectivity index (χ4n) is 2.05. The summed E-state index contributed by atoms with van der Waals surface area (Å²) in [5, 5.41) is 2.78. The number of rotatable bonds is 9. The van der Waals surface area contributed by atoms with Crippen molar-refractivity contribution in [2.45, 2.75) is 38.7 Å². The molecule has 0 unspecified atom stereocenters. The average molecular weight is 272 g/mol. The Balaban J connectivity index is 1.82. The van der Waals surface area contributed by atoms with Crippen LogP contribution in [-0.4, -0.2) is 63.4 Å². The predicted molar refractivity (Wildman–Crippen MR) is 75.2 cm³/mol. The number of hydrogen-bond acceptors (Lipinski definition) is 4. The van der Waals surface area contributed by atoms with E-state index in [2.05, 4.69) is 17.3 Å². The maximum Gasteiger partial charge on any atom is 0.219 e. The Kier molecular flexibility index (Phi) is 8.79. The number of hydrogen-bond donors (Lipinski definition) is 1. The van der Waals surface area contributed by atoms with Gasteiger partial charge in [0.2, 0.25) is 5.91 Å². The summed E-state index contributed by atoms with van der Waals surface area (Å²) >= 11 is 0. The molecular weight excluding hydrogens is 244 g/mol. The molecule has 0 aromatic carbocycles. The van der Waals surface area contributed by atoms with E-state index in [0.717, 1.165) is 39.0 Å². The number of amides is 1. The Hall–Kier alpha value is -0.650. The largest absolute Gasteiger partial charge is 0.380 e. The Morgan fingerprint density at radius 2 is 2.00 bits per heavy atom. The van der Waals surface area contributed by atoms with Crippen LogP contribution in [0.2, 0.25) is 0 Å². The van der Waals surface area contributed by atoms with Crippen LogP contribution in [-0.2, 0) is 14.3 Å². The SMILES string of the molecule is CCC(=O)NCCOCCCOC1CCN(C)CC1. The summed E-state index contributed by atoms with van der Waals surface area (Å²) in [6.07, 6.45) is 4.17. The minimum absolute atomic E-state index is 0.0780. The molecule has 1 rings (SSSR count). The van der Waals surface area contributed by atoms with Crippen LogP contribution in [0, 0.1) is 0 Å². The molecule has 1 amide bonds. The fourth-order valence-corrected chi connectivity index (χ4v) is 2.05. The molecule has 1 aliphatic heterocycles. The Labute approximate surface area is 116 Å². The van der Waals surface area contributed by atoms with Crippen LogP contribution in [0.25, 0.3) is 0 Å². The van der Waals surface area contributed by atoms with Gasteiger partial charge in [-0.3, -0.25) is 4.79 Å². The van der Waals surface area contributed by atoms with Gasteiger partial charge in [0.15, 0.2) is 0 Å². The molecule has 0 radical (unpaired) electrons. The van der Waals surface area contributed by atoms with Crippen molar-refractivity contribution < 1.29 is 14.3 Å². The first-order chi connectivity index (χ1) is 9.22. The second-order valence-corrected chi connectivity index (χ2v) is 5.04. The molecule has 0 aliphatic carbocycles. The molecule has 1 saturated heterocycles. The van der Waals surface area contributed by atoms with Gasteiger partial charge in [0.1, 0.15) is 0 Å². The minimum Gasteiger partial charge on any atom is -0.380 e. The molecule has 0 atom stereocenters. The van der Waals surface area contributed by atoms with Crippen molar-refractivity contribution in [2.75, 3.05) is 46.5 Å². The van der Waals surface area contributed by atoms with Gasteiger partial charge in [-0.15, -0.1) is 0 Å². The van der Waals surface area contributed by atoms with Crippen LogP contribution in [0.3, 0.4) is 0 Å². The van der Waals surface area contributed by atoms with Crippen LogP contribution in [0.15, 0.2) is 0 Å². The molecule has 1 heterocycles. The average Bonchev–Trinajstić information content (AvgIpc) is 2.43. The monoisotopic (exact) mass is 272 g/mol. The van der Waals surface area contributed by atoms with Crippen molar-refractivity contribution in [1.29, 1.82) is 0 Å². The molecule has 0 aromatic heterocycles. The second-order valence-electron chi connectivity index (χ2n) is 5.04. The highest BCUT2D eigenvalue weighted by Crippen LogP contribution is 2.12. The van der Waals surface area contributed by atoms with Gasteiger partial charge >= 0.3 is 0 Å². The van der Waals surface area contributed by atoms with Gasteiger partial charge < -0.3 is 19.7 Å². The summed E-state index contributed by atoms with van der Waals surface area (Å²) in [6.45, 7) is 6.78. The molecule has 0 aromatic rings. The summed E-state index contributed by atoms with van der Waals surface area (Å²) in [7, 11) is 2.15. The van der Waals surface area contributed by atoms with Crippen molar-refractivity contribution in [3.05, 3.63) is 0 Å². The third-order valence-electron chi connectivity index (χ3n) is 3.34. The highest BCUT2D eigenvalue weighted by Gasteiger charge is 2.16. The number of nitrogens with one attached hydrogen (secondary N) is 1. The van der Waals surface area contributed by atoms with Crippen molar-refractivity contribution in [3.8, 4) is 0 Å². The lowest BCUT2D eigenvalue weighted by Crippen LogP contribution is -2.34. The molecule has 0 saturated carbocycles. The predicted octanol–water partition coefficient (Wildman–Crippen LogP) is 1.03. The van der Waals surface area contributed by atoms with E-state index in [1.165, 1.54) is 0 Å². The summed E-state index contributed by atoms with van der Waals surface area (Å²) in [5.74, 6) is 0.0780. The molecule has 5 nitrogen and oxygen atoms in total. The number of piperidine rings is 1. The van der Waals surface area contributed by atoms with E-state index in [4.69, 9.17) is 9.47 Å². The second kappa shape index (κ2) is 10.2. The van der Waals surface area contributed by atoms with E-state index in [0.29, 0.717) is 32.3 Å². The van der Waals surface area contributed by atoms with Gasteiger partial charge in [0.05, 0.1) is 12.7 Å². The Morgan fingerprint density at radius 1 is 1.26 bits per heavy atom. The van der Waals surface area contributed by atoms with Crippen molar-refractivity contribution in [2.24, 2.45) is 0 Å². The van der Waals surface area contributed by atoms with E-state index in [-0.39, 0.29) is 5.91 Å². The van der Waals surface area contributed by atoms with Crippen LogP contribution >= 0.6 is 0 Å². The van der Waals surface area contributed by atoms with E-state index in [1.807, 2.05) is 6.92 Å². The minimum atomic E-state index is 0.0780. The van der Waals surface area contributed by atoms with Crippen LogP contribution < -0.4 is 5.32 Å². The number of nitrogens with zero attached hydrogens (tertiary/aromatic N) is 1. The molecular formula is C14H28N2O3. The molecule has 19 heavy (non-hydrogen) atoms. The van der Waals surface area contributed by atoms with Gasteiger partial charge in [-0.05, 0) is 26.3 Å². The molecule has 112 valence electrons. The van der Waals surface area contributed by atoms with Gasteiger partial charge in [-0.25, -0.2) is 0 Å². The van der Waals surface area contributed by atoms with Crippen LogP contribution in [0.5, 0.6) is 0 Å². The van der Waals surface area contributed by atoms with E-state index < -0.39 is 0 Å². The third kappa shape index (κ3) is 8.18. The number of carbonyl (C=O) groups excluding carboxylic acids is 1. The summed E-state index contributed by atoms with van der Waals surface area (Å²) in [5.41, 5.74) is 0. The van der Waals surface area contributed by atoms with Crippen molar-refractivity contribution in [3.63, 3.8) is 0 Å². The Morgan fingerprint density at radius 3 is 2.68 bits per heavy atom. The smallest absolute Gasteiger partial charge is 0.219 e. The zero-order chi connectivity index (χ0) is 13.9. The highest BCUT2D eigenvalue weighted by atomic mass is 16.5. The third-order valence-corrected chi connectivity index (χ3v) is 3.34. The van der Waals surface area contributed by atoms with Gasteiger partial charge in [0.25, 0.3) is 0 Å².